The summed E-state index contributed by atoms with van der Waals surface area (Å²) < 4.78 is 5.04. The van der Waals surface area contributed by atoms with Crippen LogP contribution in [0, 0.1) is 0 Å². The molecule has 1 aromatic rings. The zero-order chi connectivity index (χ0) is 12.0. The summed E-state index contributed by atoms with van der Waals surface area (Å²) in [5, 5.41) is 3.13. The van der Waals surface area contributed by atoms with Gasteiger partial charge in [-0.05, 0) is 18.6 Å². The van der Waals surface area contributed by atoms with E-state index in [2.05, 4.69) is 5.32 Å². The van der Waals surface area contributed by atoms with Crippen LogP contribution in [-0.4, -0.2) is 19.6 Å². The number of carbonyl (C=O) groups excluding carboxylic acids is 1. The van der Waals surface area contributed by atoms with Gasteiger partial charge in [0.25, 0.3) is 0 Å². The Hall–Kier alpha value is -1.91. The molecule has 0 heterocycles. The van der Waals surface area contributed by atoms with Crippen molar-refractivity contribution in [3.05, 3.63) is 18.2 Å². The van der Waals surface area contributed by atoms with Crippen molar-refractivity contribution in [1.29, 1.82) is 0 Å². The second-order valence-corrected chi connectivity index (χ2v) is 3.45. The SMILES string of the molecule is COc1ccc(NCCCC(N)=O)c(N)c1. The predicted octanol–water partition coefficient (Wildman–Crippen LogP) is 0.955. The molecule has 5 N–H and O–H groups in total. The van der Waals surface area contributed by atoms with Gasteiger partial charge in [-0.1, -0.05) is 0 Å². The molecule has 5 nitrogen and oxygen atoms in total. The molecule has 0 aliphatic rings. The first kappa shape index (κ1) is 12.2. The third-order valence-corrected chi connectivity index (χ3v) is 2.17. The third-order valence-electron chi connectivity index (χ3n) is 2.17. The van der Waals surface area contributed by atoms with E-state index >= 15 is 0 Å². The fraction of sp³-hybridized carbons (Fsp3) is 0.364. The number of nitrogens with one attached hydrogen (secondary N) is 1. The molecule has 16 heavy (non-hydrogen) atoms. The lowest BCUT2D eigenvalue weighted by molar-refractivity contribution is -0.118. The van der Waals surface area contributed by atoms with Crippen LogP contribution in [0.3, 0.4) is 0 Å². The zero-order valence-electron chi connectivity index (χ0n) is 9.32. The molecule has 0 bridgehead atoms. The monoisotopic (exact) mass is 223 g/mol. The number of nitrogens with two attached hydrogens (primary N) is 2. The maximum absolute atomic E-state index is 10.5. The van der Waals surface area contributed by atoms with Crippen molar-refractivity contribution in [2.75, 3.05) is 24.7 Å². The van der Waals surface area contributed by atoms with Gasteiger partial charge in [0.15, 0.2) is 0 Å². The van der Waals surface area contributed by atoms with Crippen LogP contribution in [0.25, 0.3) is 0 Å². The van der Waals surface area contributed by atoms with Gasteiger partial charge in [0.2, 0.25) is 5.91 Å². The topological polar surface area (TPSA) is 90.4 Å². The second-order valence-electron chi connectivity index (χ2n) is 3.45. The van der Waals surface area contributed by atoms with Crippen LogP contribution in [0.1, 0.15) is 12.8 Å². The van der Waals surface area contributed by atoms with Gasteiger partial charge in [-0.15, -0.1) is 0 Å². The fourth-order valence-electron chi connectivity index (χ4n) is 1.31. The summed E-state index contributed by atoms with van der Waals surface area (Å²) in [5.41, 5.74) is 12.3. The van der Waals surface area contributed by atoms with Crippen molar-refractivity contribution >= 4 is 17.3 Å². The average Bonchev–Trinajstić information content (AvgIpc) is 2.25. The Morgan fingerprint density at radius 3 is 2.81 bits per heavy atom. The van der Waals surface area contributed by atoms with Gasteiger partial charge < -0.3 is 21.5 Å². The molecule has 0 saturated carbocycles. The number of ether oxygens (including phenoxy) is 1. The first-order valence-electron chi connectivity index (χ1n) is 5.09. The minimum absolute atomic E-state index is 0.287. The zero-order valence-corrected chi connectivity index (χ0v) is 9.32. The summed E-state index contributed by atoms with van der Waals surface area (Å²) in [4.78, 5) is 10.5. The number of primary amides is 1. The molecule has 0 unspecified atom stereocenters. The van der Waals surface area contributed by atoms with Gasteiger partial charge in [0.05, 0.1) is 18.5 Å². The summed E-state index contributed by atoms with van der Waals surface area (Å²) in [6, 6.07) is 5.42. The smallest absolute Gasteiger partial charge is 0.217 e. The number of benzene rings is 1. The Morgan fingerprint density at radius 1 is 1.50 bits per heavy atom. The number of nitrogen functional groups attached to an aromatic ring is 1. The molecule has 1 amide bonds. The van der Waals surface area contributed by atoms with E-state index in [4.69, 9.17) is 16.2 Å². The van der Waals surface area contributed by atoms with Crippen molar-refractivity contribution < 1.29 is 9.53 Å². The number of hydrogen-bond donors (Lipinski definition) is 3. The van der Waals surface area contributed by atoms with Gasteiger partial charge >= 0.3 is 0 Å². The number of amides is 1. The van der Waals surface area contributed by atoms with Crippen LogP contribution in [-0.2, 0) is 4.79 Å². The lowest BCUT2D eigenvalue weighted by Gasteiger charge is -2.10. The fourth-order valence-corrected chi connectivity index (χ4v) is 1.31. The van der Waals surface area contributed by atoms with E-state index in [1.54, 1.807) is 13.2 Å². The molecule has 0 aromatic heterocycles. The van der Waals surface area contributed by atoms with E-state index in [1.165, 1.54) is 0 Å². The Bertz CT molecular complexity index is 366. The van der Waals surface area contributed by atoms with Crippen LogP contribution >= 0.6 is 0 Å². The molecule has 0 saturated heterocycles. The standard InChI is InChI=1S/C11H17N3O2/c1-16-8-4-5-10(9(12)7-8)14-6-2-3-11(13)15/h4-5,7,14H,2-3,6,12H2,1H3,(H2,13,15). The second kappa shape index (κ2) is 5.85. The summed E-state index contributed by atoms with van der Waals surface area (Å²) in [6.07, 6.45) is 1.07. The minimum atomic E-state index is -0.287. The minimum Gasteiger partial charge on any atom is -0.497 e. The van der Waals surface area contributed by atoms with Crippen molar-refractivity contribution in [2.45, 2.75) is 12.8 Å². The average molecular weight is 223 g/mol. The van der Waals surface area contributed by atoms with E-state index in [0.29, 0.717) is 25.1 Å². The van der Waals surface area contributed by atoms with Gasteiger partial charge in [-0.2, -0.15) is 0 Å². The number of hydrogen-bond acceptors (Lipinski definition) is 4. The van der Waals surface area contributed by atoms with Crippen LogP contribution in [0.15, 0.2) is 18.2 Å². The maximum Gasteiger partial charge on any atom is 0.217 e. The van der Waals surface area contributed by atoms with Gasteiger partial charge in [-0.25, -0.2) is 0 Å². The number of rotatable bonds is 6. The molecule has 5 heteroatoms. The molecule has 1 aromatic carbocycles. The van der Waals surface area contributed by atoms with Crippen molar-refractivity contribution in [2.24, 2.45) is 5.73 Å². The quantitative estimate of drug-likeness (QED) is 0.495. The molecule has 0 aliphatic heterocycles. The van der Waals surface area contributed by atoms with Gasteiger partial charge in [0.1, 0.15) is 5.75 Å². The van der Waals surface area contributed by atoms with E-state index in [9.17, 15) is 4.79 Å². The molecule has 0 aliphatic carbocycles. The molecule has 1 rings (SSSR count). The predicted molar refractivity (Wildman–Crippen MR) is 64.3 cm³/mol. The highest BCUT2D eigenvalue weighted by Crippen LogP contribution is 2.23. The molecule has 0 radical (unpaired) electrons. The van der Waals surface area contributed by atoms with Crippen molar-refractivity contribution in [3.63, 3.8) is 0 Å². The van der Waals surface area contributed by atoms with Gasteiger partial charge in [-0.3, -0.25) is 4.79 Å². The van der Waals surface area contributed by atoms with Crippen molar-refractivity contribution in [3.8, 4) is 5.75 Å². The molecular weight excluding hydrogens is 206 g/mol. The maximum atomic E-state index is 10.5. The highest BCUT2D eigenvalue weighted by atomic mass is 16.5. The summed E-state index contributed by atoms with van der Waals surface area (Å²) >= 11 is 0. The number of carbonyl (C=O) groups is 1. The van der Waals surface area contributed by atoms with Crippen LogP contribution < -0.4 is 21.5 Å². The van der Waals surface area contributed by atoms with Crippen LogP contribution in [0.5, 0.6) is 5.75 Å². The first-order valence-corrected chi connectivity index (χ1v) is 5.09. The summed E-state index contributed by atoms with van der Waals surface area (Å²) in [6.45, 7) is 0.666. The molecule has 0 fully saturated rings. The number of methoxy groups -OCH3 is 1. The Labute approximate surface area is 94.8 Å². The van der Waals surface area contributed by atoms with E-state index in [-0.39, 0.29) is 5.91 Å². The van der Waals surface area contributed by atoms with Crippen LogP contribution in [0.4, 0.5) is 11.4 Å². The highest BCUT2D eigenvalue weighted by molar-refractivity contribution is 5.73. The molecule has 88 valence electrons. The molecular formula is C11H17N3O2. The first-order chi connectivity index (χ1) is 7.63. The van der Waals surface area contributed by atoms with Gasteiger partial charge in [0, 0.05) is 19.0 Å². The largest absolute Gasteiger partial charge is 0.497 e. The molecule has 0 atom stereocenters. The van der Waals surface area contributed by atoms with E-state index in [0.717, 1.165) is 11.4 Å². The third kappa shape index (κ3) is 3.68. The Balaban J connectivity index is 2.45. The Kier molecular flexibility index (Phi) is 4.44. The van der Waals surface area contributed by atoms with E-state index < -0.39 is 0 Å². The summed E-state index contributed by atoms with van der Waals surface area (Å²) in [7, 11) is 1.59. The Morgan fingerprint density at radius 2 is 2.25 bits per heavy atom. The lowest BCUT2D eigenvalue weighted by atomic mass is 10.2. The molecule has 0 spiro atoms. The van der Waals surface area contributed by atoms with Crippen LogP contribution in [0.2, 0.25) is 0 Å². The normalized spacial score (nSPS) is 9.81. The summed E-state index contributed by atoms with van der Waals surface area (Å²) in [5.74, 6) is 0.435. The highest BCUT2D eigenvalue weighted by Gasteiger charge is 2.00. The van der Waals surface area contributed by atoms with E-state index in [1.807, 2.05) is 12.1 Å². The van der Waals surface area contributed by atoms with Crippen molar-refractivity contribution in [1.82, 2.24) is 0 Å². The lowest BCUT2D eigenvalue weighted by Crippen LogP contribution is -2.13. The number of anilines is 2.